The number of benzene rings is 2. The lowest BCUT2D eigenvalue weighted by molar-refractivity contribution is 0.0772. The molecule has 1 aliphatic heterocycles. The molecule has 2 heterocycles. The van der Waals surface area contributed by atoms with E-state index in [0.29, 0.717) is 24.4 Å². The molecule has 4 rings (SSSR count). The summed E-state index contributed by atoms with van der Waals surface area (Å²) < 4.78 is 31.7. The lowest BCUT2D eigenvalue weighted by atomic mass is 10.2. The molecule has 8 heteroatoms. The molecule has 0 radical (unpaired) electrons. The van der Waals surface area contributed by atoms with Crippen molar-refractivity contribution in [1.29, 1.82) is 0 Å². The largest absolute Gasteiger partial charge is 0.486 e. The molecule has 0 spiro atoms. The average Bonchev–Trinajstić information content (AvgIpc) is 3.22. The zero-order chi connectivity index (χ0) is 21.3. The van der Waals surface area contributed by atoms with E-state index in [-0.39, 0.29) is 16.9 Å². The molecule has 1 fully saturated rings. The van der Waals surface area contributed by atoms with Crippen LogP contribution in [-0.2, 0) is 10.0 Å². The monoisotopic (exact) mass is 425 g/mol. The van der Waals surface area contributed by atoms with E-state index in [0.717, 1.165) is 21.6 Å². The first-order chi connectivity index (χ1) is 14.4. The molecule has 3 aromatic rings. The van der Waals surface area contributed by atoms with Crippen molar-refractivity contribution in [2.24, 2.45) is 0 Å². The third-order valence-electron chi connectivity index (χ3n) is 5.20. The van der Waals surface area contributed by atoms with Crippen LogP contribution in [0.2, 0.25) is 0 Å². The average molecular weight is 426 g/mol. The fourth-order valence-electron chi connectivity index (χ4n) is 3.52. The van der Waals surface area contributed by atoms with Gasteiger partial charge >= 0.3 is 0 Å². The number of amides is 1. The number of ether oxygens (including phenoxy) is 1. The Kier molecular flexibility index (Phi) is 5.44. The van der Waals surface area contributed by atoms with Crippen LogP contribution in [-0.4, -0.2) is 61.8 Å². The normalized spacial score (nSPS) is 16.9. The Bertz CT molecular complexity index is 1170. The van der Waals surface area contributed by atoms with Gasteiger partial charge in [-0.25, -0.2) is 12.7 Å². The molecule has 1 aromatic heterocycles. The number of aromatic nitrogens is 1. The molecule has 1 saturated heterocycles. The number of pyridine rings is 1. The van der Waals surface area contributed by atoms with Gasteiger partial charge in [-0.05, 0) is 36.4 Å². The molecule has 0 N–H and O–H groups in total. The standard InChI is InChI=1S/C22H23N3O4S/c1-24(2)30(27,28)19-10-8-17(9-11-19)22(26)25-14-12-18(15-25)29-20-7-3-5-16-6-4-13-23-21(16)20/h3-11,13,18H,12,14-15H2,1-2H3. The highest BCUT2D eigenvalue weighted by Crippen LogP contribution is 2.26. The highest BCUT2D eigenvalue weighted by Gasteiger charge is 2.29. The number of nitrogens with zero attached hydrogens (tertiary/aromatic N) is 3. The molecule has 1 amide bonds. The predicted molar refractivity (Wildman–Crippen MR) is 114 cm³/mol. The highest BCUT2D eigenvalue weighted by atomic mass is 32.2. The number of carbonyl (C=O) groups excluding carboxylic acids is 1. The Hall–Kier alpha value is -2.97. The zero-order valence-corrected chi connectivity index (χ0v) is 17.7. The van der Waals surface area contributed by atoms with Crippen molar-refractivity contribution in [3.63, 3.8) is 0 Å². The van der Waals surface area contributed by atoms with Crippen LogP contribution in [0.1, 0.15) is 16.8 Å². The summed E-state index contributed by atoms with van der Waals surface area (Å²) in [5.74, 6) is 0.580. The Morgan fingerprint density at radius 1 is 1.10 bits per heavy atom. The summed E-state index contributed by atoms with van der Waals surface area (Å²) in [6.45, 7) is 1.05. The molecular formula is C22H23N3O4S. The Labute approximate surface area is 175 Å². The van der Waals surface area contributed by atoms with Gasteiger partial charge in [0.15, 0.2) is 0 Å². The van der Waals surface area contributed by atoms with Crippen LogP contribution < -0.4 is 4.74 Å². The van der Waals surface area contributed by atoms with Crippen LogP contribution in [0.3, 0.4) is 0 Å². The molecule has 30 heavy (non-hydrogen) atoms. The van der Waals surface area contributed by atoms with Gasteiger partial charge in [0.05, 0.1) is 11.4 Å². The number of carbonyl (C=O) groups is 1. The maximum absolute atomic E-state index is 12.9. The number of hydrogen-bond acceptors (Lipinski definition) is 5. The van der Waals surface area contributed by atoms with Gasteiger partial charge in [0.25, 0.3) is 5.91 Å². The highest BCUT2D eigenvalue weighted by molar-refractivity contribution is 7.89. The maximum Gasteiger partial charge on any atom is 0.253 e. The van der Waals surface area contributed by atoms with Gasteiger partial charge in [0.2, 0.25) is 10.0 Å². The van der Waals surface area contributed by atoms with Crippen LogP contribution in [0.5, 0.6) is 5.75 Å². The van der Waals surface area contributed by atoms with Crippen molar-refractivity contribution >= 4 is 26.8 Å². The van der Waals surface area contributed by atoms with Crippen molar-refractivity contribution in [2.75, 3.05) is 27.2 Å². The van der Waals surface area contributed by atoms with Crippen LogP contribution >= 0.6 is 0 Å². The number of para-hydroxylation sites is 1. The van der Waals surface area contributed by atoms with E-state index in [9.17, 15) is 13.2 Å². The van der Waals surface area contributed by atoms with Gasteiger partial charge in [-0.3, -0.25) is 9.78 Å². The zero-order valence-electron chi connectivity index (χ0n) is 16.9. The summed E-state index contributed by atoms with van der Waals surface area (Å²) in [4.78, 5) is 19.2. The SMILES string of the molecule is CN(C)S(=O)(=O)c1ccc(C(=O)N2CCC(Oc3cccc4cccnc34)C2)cc1. The molecule has 2 aromatic carbocycles. The smallest absolute Gasteiger partial charge is 0.253 e. The fraction of sp³-hybridized carbons (Fsp3) is 0.273. The Morgan fingerprint density at radius 3 is 2.57 bits per heavy atom. The number of likely N-dealkylation sites (tertiary alicyclic amines) is 1. The molecule has 7 nitrogen and oxygen atoms in total. The summed E-state index contributed by atoms with van der Waals surface area (Å²) >= 11 is 0. The number of fused-ring (bicyclic) bond motifs is 1. The number of hydrogen-bond donors (Lipinski definition) is 0. The van der Waals surface area contributed by atoms with Crippen molar-refractivity contribution in [1.82, 2.24) is 14.2 Å². The summed E-state index contributed by atoms with van der Waals surface area (Å²) in [7, 11) is -0.564. The van der Waals surface area contributed by atoms with Crippen LogP contribution in [0.25, 0.3) is 10.9 Å². The van der Waals surface area contributed by atoms with E-state index in [1.807, 2.05) is 30.3 Å². The summed E-state index contributed by atoms with van der Waals surface area (Å²) in [5, 5.41) is 1.01. The van der Waals surface area contributed by atoms with E-state index in [1.54, 1.807) is 23.2 Å². The third-order valence-corrected chi connectivity index (χ3v) is 7.03. The molecule has 0 aliphatic carbocycles. The van der Waals surface area contributed by atoms with Crippen molar-refractivity contribution in [2.45, 2.75) is 17.4 Å². The molecule has 156 valence electrons. The van der Waals surface area contributed by atoms with Crippen LogP contribution in [0.4, 0.5) is 0 Å². The number of rotatable bonds is 5. The second kappa shape index (κ2) is 8.04. The summed E-state index contributed by atoms with van der Waals surface area (Å²) in [6.07, 6.45) is 2.34. The van der Waals surface area contributed by atoms with E-state index in [4.69, 9.17) is 4.74 Å². The second-order valence-electron chi connectivity index (χ2n) is 7.42. The Balaban J connectivity index is 1.45. The molecule has 0 bridgehead atoms. The molecule has 1 unspecified atom stereocenters. The topological polar surface area (TPSA) is 79.8 Å². The third kappa shape index (κ3) is 3.88. The van der Waals surface area contributed by atoms with Gasteiger partial charge in [0, 0.05) is 44.2 Å². The van der Waals surface area contributed by atoms with Gasteiger partial charge in [-0.1, -0.05) is 18.2 Å². The first kappa shape index (κ1) is 20.3. The van der Waals surface area contributed by atoms with Gasteiger partial charge in [0.1, 0.15) is 17.4 Å². The van der Waals surface area contributed by atoms with E-state index in [1.165, 1.54) is 26.2 Å². The van der Waals surface area contributed by atoms with Crippen molar-refractivity contribution in [3.8, 4) is 5.75 Å². The lowest BCUT2D eigenvalue weighted by Crippen LogP contribution is -2.31. The Morgan fingerprint density at radius 2 is 1.83 bits per heavy atom. The number of sulfonamides is 1. The van der Waals surface area contributed by atoms with E-state index >= 15 is 0 Å². The predicted octanol–water partition coefficient (Wildman–Crippen LogP) is 2.78. The van der Waals surface area contributed by atoms with Gasteiger partial charge in [-0.15, -0.1) is 0 Å². The van der Waals surface area contributed by atoms with Crippen LogP contribution in [0.15, 0.2) is 65.7 Å². The minimum absolute atomic E-state index is 0.116. The maximum atomic E-state index is 12.9. The first-order valence-electron chi connectivity index (χ1n) is 9.68. The van der Waals surface area contributed by atoms with Crippen LogP contribution in [0, 0.1) is 0 Å². The molecule has 1 aliphatic rings. The first-order valence-corrected chi connectivity index (χ1v) is 11.1. The summed E-state index contributed by atoms with van der Waals surface area (Å²) in [5.41, 5.74) is 1.27. The van der Waals surface area contributed by atoms with Gasteiger partial charge < -0.3 is 9.64 Å². The second-order valence-corrected chi connectivity index (χ2v) is 9.57. The minimum Gasteiger partial charge on any atom is -0.486 e. The molecular weight excluding hydrogens is 402 g/mol. The quantitative estimate of drug-likeness (QED) is 0.628. The fourth-order valence-corrected chi connectivity index (χ4v) is 4.42. The molecule has 1 atom stereocenters. The van der Waals surface area contributed by atoms with E-state index in [2.05, 4.69) is 4.98 Å². The van der Waals surface area contributed by atoms with Crippen molar-refractivity contribution < 1.29 is 17.9 Å². The van der Waals surface area contributed by atoms with Gasteiger partial charge in [-0.2, -0.15) is 0 Å². The van der Waals surface area contributed by atoms with Crippen molar-refractivity contribution in [3.05, 3.63) is 66.4 Å². The minimum atomic E-state index is -3.52. The lowest BCUT2D eigenvalue weighted by Gasteiger charge is -2.18. The van der Waals surface area contributed by atoms with E-state index < -0.39 is 10.0 Å². The molecule has 0 saturated carbocycles. The summed E-state index contributed by atoms with van der Waals surface area (Å²) in [6, 6.07) is 15.7.